The highest BCUT2D eigenvalue weighted by Gasteiger charge is 2.36. The van der Waals surface area contributed by atoms with Gasteiger partial charge in [-0.3, -0.25) is 0 Å². The van der Waals surface area contributed by atoms with E-state index in [0.717, 1.165) is 0 Å². The third-order valence-corrected chi connectivity index (χ3v) is 7.03. The van der Waals surface area contributed by atoms with Gasteiger partial charge < -0.3 is 29.6 Å². The molecule has 2 N–H and O–H groups in total. The minimum absolute atomic E-state index is 0.00890. The molecule has 0 spiro atoms. The van der Waals surface area contributed by atoms with Crippen LogP contribution in [0.25, 0.3) is 10.9 Å². The number of hydrogen-bond donors (Lipinski definition) is 2. The van der Waals surface area contributed by atoms with E-state index in [9.17, 15) is 14.0 Å². The summed E-state index contributed by atoms with van der Waals surface area (Å²) in [6.45, 7) is 5.26. The van der Waals surface area contributed by atoms with Gasteiger partial charge in [-0.05, 0) is 70.6 Å². The van der Waals surface area contributed by atoms with Crippen LogP contribution in [0.1, 0.15) is 46.5 Å². The highest BCUT2D eigenvalue weighted by molar-refractivity contribution is 6.31. The molecular weight excluding hydrogens is 555 g/mol. The van der Waals surface area contributed by atoms with E-state index in [-0.39, 0.29) is 22.7 Å². The lowest BCUT2D eigenvalue weighted by atomic mass is 9.82. The first-order chi connectivity index (χ1) is 19.5. The molecule has 1 heterocycles. The first-order valence-electron chi connectivity index (χ1n) is 13.3. The number of fused-ring (bicyclic) bond motifs is 1. The summed E-state index contributed by atoms with van der Waals surface area (Å²) in [5, 5.41) is 6.26. The molecule has 3 aromatic rings. The summed E-state index contributed by atoms with van der Waals surface area (Å²) >= 11 is 5.94. The number of alkyl carbamates (subject to hydrolysis) is 1. The second-order valence-electron chi connectivity index (χ2n) is 10.8. The third-order valence-electron chi connectivity index (χ3n) is 6.74. The summed E-state index contributed by atoms with van der Waals surface area (Å²) in [6, 6.07) is 7.32. The molecule has 1 fully saturated rings. The fourth-order valence-corrected chi connectivity index (χ4v) is 4.97. The van der Waals surface area contributed by atoms with Crippen molar-refractivity contribution in [2.24, 2.45) is 5.92 Å². The molecule has 1 amide bonds. The Labute approximate surface area is 242 Å². The van der Waals surface area contributed by atoms with Gasteiger partial charge in [0.2, 0.25) is 0 Å². The third kappa shape index (κ3) is 7.46. The Morgan fingerprint density at radius 3 is 2.46 bits per heavy atom. The molecule has 0 aliphatic heterocycles. The molecule has 4 rings (SSSR count). The van der Waals surface area contributed by atoms with Gasteiger partial charge in [-0.15, -0.1) is 0 Å². The Balaban J connectivity index is 1.50. The molecule has 0 saturated heterocycles. The highest BCUT2D eigenvalue weighted by atomic mass is 35.5. The van der Waals surface area contributed by atoms with E-state index in [1.54, 1.807) is 45.0 Å². The van der Waals surface area contributed by atoms with Gasteiger partial charge >= 0.3 is 12.1 Å². The lowest BCUT2D eigenvalue weighted by Gasteiger charge is -2.33. The molecule has 1 aromatic heterocycles. The van der Waals surface area contributed by atoms with E-state index in [2.05, 4.69) is 20.6 Å². The minimum Gasteiger partial charge on any atom is -0.493 e. The highest BCUT2D eigenvalue weighted by Crippen LogP contribution is 2.38. The van der Waals surface area contributed by atoms with Crippen molar-refractivity contribution < 1.29 is 32.9 Å². The fourth-order valence-electron chi connectivity index (χ4n) is 4.79. The van der Waals surface area contributed by atoms with E-state index >= 15 is 0 Å². The molecule has 41 heavy (non-hydrogen) atoms. The minimum atomic E-state index is -0.830. The van der Waals surface area contributed by atoms with Crippen molar-refractivity contribution >= 4 is 46.1 Å². The Kier molecular flexibility index (Phi) is 9.37. The number of carbonyl (C=O) groups excluding carboxylic acids is 2. The van der Waals surface area contributed by atoms with Crippen LogP contribution in [-0.2, 0) is 14.3 Å². The van der Waals surface area contributed by atoms with Crippen LogP contribution in [0, 0.1) is 11.7 Å². The van der Waals surface area contributed by atoms with Gasteiger partial charge in [-0.1, -0.05) is 17.7 Å². The molecule has 1 saturated carbocycles. The number of nitrogens with zero attached hydrogens (tertiary/aromatic N) is 2. The molecule has 1 atom stereocenters. The standard InChI is InChI=1S/C29H34ClFN4O6/c1-29(2,3)41-28(37)35-25(27(36)39-5)16-9-11-17(12-10-16)40-23-13-18-21(14-22(23)38-4)32-15-33-26(18)34-20-8-6-7-19(30)24(20)31/h6-8,13-17,25H,9-12H2,1-5H3,(H,35,37)(H,32,33,34)/t16?,17?,25-/m1/s1. The Morgan fingerprint density at radius 2 is 1.80 bits per heavy atom. The number of esters is 1. The van der Waals surface area contributed by atoms with E-state index in [0.29, 0.717) is 53.9 Å². The molecule has 0 bridgehead atoms. The smallest absolute Gasteiger partial charge is 0.408 e. The van der Waals surface area contributed by atoms with Crippen LogP contribution < -0.4 is 20.1 Å². The van der Waals surface area contributed by atoms with Crippen LogP contribution in [0.15, 0.2) is 36.7 Å². The van der Waals surface area contributed by atoms with E-state index in [1.165, 1.54) is 26.6 Å². The first kappa shape index (κ1) is 30.1. The van der Waals surface area contributed by atoms with Crippen LogP contribution in [0.2, 0.25) is 5.02 Å². The van der Waals surface area contributed by atoms with Gasteiger partial charge in [0, 0.05) is 11.5 Å². The van der Waals surface area contributed by atoms with Crippen molar-refractivity contribution in [3.8, 4) is 11.5 Å². The second-order valence-corrected chi connectivity index (χ2v) is 11.2. The van der Waals surface area contributed by atoms with Gasteiger partial charge in [-0.25, -0.2) is 23.9 Å². The number of carbonyl (C=O) groups is 2. The van der Waals surface area contributed by atoms with Crippen molar-refractivity contribution in [3.05, 3.63) is 47.5 Å². The van der Waals surface area contributed by atoms with E-state index in [4.69, 9.17) is 30.5 Å². The quantitative estimate of drug-likeness (QED) is 0.297. The molecule has 12 heteroatoms. The number of rotatable bonds is 8. The van der Waals surface area contributed by atoms with Crippen LogP contribution in [0.3, 0.4) is 0 Å². The molecule has 10 nitrogen and oxygen atoms in total. The first-order valence-corrected chi connectivity index (χ1v) is 13.6. The predicted molar refractivity (Wildman–Crippen MR) is 152 cm³/mol. The monoisotopic (exact) mass is 588 g/mol. The average Bonchev–Trinajstić information content (AvgIpc) is 2.93. The summed E-state index contributed by atoms with van der Waals surface area (Å²) in [5.41, 5.74) is 0.0546. The number of anilines is 2. The maximum Gasteiger partial charge on any atom is 0.408 e. The normalized spacial score (nSPS) is 17.8. The molecular formula is C29H34ClFN4O6. The summed E-state index contributed by atoms with van der Waals surface area (Å²) in [7, 11) is 2.83. The number of nitrogens with one attached hydrogen (secondary N) is 2. The zero-order valence-corrected chi connectivity index (χ0v) is 24.4. The Morgan fingerprint density at radius 1 is 1.07 bits per heavy atom. The topological polar surface area (TPSA) is 121 Å². The fraction of sp³-hybridized carbons (Fsp3) is 0.448. The molecule has 2 aromatic carbocycles. The average molecular weight is 589 g/mol. The van der Waals surface area contributed by atoms with Gasteiger partial charge in [0.05, 0.1) is 36.6 Å². The molecule has 0 unspecified atom stereocenters. The number of hydrogen-bond acceptors (Lipinski definition) is 9. The SMILES string of the molecule is COC(=O)[C@H](NC(=O)OC(C)(C)C)C1CCC(Oc2cc3c(Nc4cccc(Cl)c4F)ncnc3cc2OC)CC1. The van der Waals surface area contributed by atoms with Crippen molar-refractivity contribution in [2.45, 2.75) is 64.2 Å². The lowest BCUT2D eigenvalue weighted by Crippen LogP contribution is -2.49. The maximum atomic E-state index is 14.6. The molecule has 1 aliphatic rings. The number of aromatic nitrogens is 2. The van der Waals surface area contributed by atoms with Gasteiger partial charge in [0.15, 0.2) is 17.3 Å². The van der Waals surface area contributed by atoms with Gasteiger partial charge in [-0.2, -0.15) is 0 Å². The number of halogens is 2. The summed E-state index contributed by atoms with van der Waals surface area (Å²) in [4.78, 5) is 33.5. The van der Waals surface area contributed by atoms with E-state index in [1.807, 2.05) is 0 Å². The molecule has 220 valence electrons. The lowest BCUT2D eigenvalue weighted by molar-refractivity contribution is -0.145. The Hall–Kier alpha value is -3.86. The molecule has 1 aliphatic carbocycles. The maximum absolute atomic E-state index is 14.6. The molecule has 0 radical (unpaired) electrons. The second kappa shape index (κ2) is 12.8. The summed E-state index contributed by atoms with van der Waals surface area (Å²) in [6.07, 6.45) is 3.00. The Bertz CT molecular complexity index is 1410. The summed E-state index contributed by atoms with van der Waals surface area (Å²) < 4.78 is 36.8. The zero-order chi connectivity index (χ0) is 29.7. The van der Waals surface area contributed by atoms with Gasteiger partial charge in [0.1, 0.15) is 23.8 Å². The van der Waals surface area contributed by atoms with Gasteiger partial charge in [0.25, 0.3) is 0 Å². The number of methoxy groups -OCH3 is 2. The number of amides is 1. The van der Waals surface area contributed by atoms with Crippen LogP contribution in [0.5, 0.6) is 11.5 Å². The predicted octanol–water partition coefficient (Wildman–Crippen LogP) is 6.18. The number of ether oxygens (including phenoxy) is 4. The van der Waals surface area contributed by atoms with Crippen molar-refractivity contribution in [1.82, 2.24) is 15.3 Å². The van der Waals surface area contributed by atoms with E-state index < -0.39 is 29.5 Å². The van der Waals surface area contributed by atoms with Crippen LogP contribution in [0.4, 0.5) is 20.7 Å². The largest absolute Gasteiger partial charge is 0.493 e. The zero-order valence-electron chi connectivity index (χ0n) is 23.6. The van der Waals surface area contributed by atoms with Crippen molar-refractivity contribution in [1.29, 1.82) is 0 Å². The number of benzene rings is 2. The van der Waals surface area contributed by atoms with Crippen LogP contribution >= 0.6 is 11.6 Å². The van der Waals surface area contributed by atoms with Crippen molar-refractivity contribution in [3.63, 3.8) is 0 Å². The van der Waals surface area contributed by atoms with Crippen LogP contribution in [-0.4, -0.2) is 54.0 Å². The summed E-state index contributed by atoms with van der Waals surface area (Å²) in [5.74, 6) is 0.0785. The van der Waals surface area contributed by atoms with Crippen molar-refractivity contribution in [2.75, 3.05) is 19.5 Å².